The van der Waals surface area contributed by atoms with Gasteiger partial charge in [-0.15, -0.1) is 0 Å². The van der Waals surface area contributed by atoms with Crippen LogP contribution in [-0.2, 0) is 4.79 Å². The lowest BCUT2D eigenvalue weighted by Crippen LogP contribution is -2.24. The zero-order chi connectivity index (χ0) is 15.9. The summed E-state index contributed by atoms with van der Waals surface area (Å²) in [7, 11) is 0. The van der Waals surface area contributed by atoms with Crippen LogP contribution in [0, 0.1) is 13.8 Å². The first-order chi connectivity index (χ1) is 10.6. The van der Waals surface area contributed by atoms with Crippen molar-refractivity contribution in [1.29, 1.82) is 0 Å². The summed E-state index contributed by atoms with van der Waals surface area (Å²) in [6, 6.07) is 12.5. The molecule has 2 aromatic rings. The largest absolute Gasteiger partial charge is 0.507 e. The van der Waals surface area contributed by atoms with Crippen LogP contribution in [0.3, 0.4) is 0 Å². The molecule has 0 fully saturated rings. The fourth-order valence-corrected chi connectivity index (χ4v) is 1.81. The van der Waals surface area contributed by atoms with E-state index in [1.54, 1.807) is 24.3 Å². The van der Waals surface area contributed by atoms with Gasteiger partial charge >= 0.3 is 0 Å². The van der Waals surface area contributed by atoms with Crippen molar-refractivity contribution in [2.45, 2.75) is 13.8 Å². The second-order valence-corrected chi connectivity index (χ2v) is 4.91. The third-order valence-corrected chi connectivity index (χ3v) is 3.03. The van der Waals surface area contributed by atoms with Crippen molar-refractivity contribution in [2.24, 2.45) is 5.10 Å². The van der Waals surface area contributed by atoms with Crippen LogP contribution >= 0.6 is 0 Å². The molecule has 0 saturated heterocycles. The fraction of sp³-hybridized carbons (Fsp3) is 0.176. The number of nitrogens with one attached hydrogen (secondary N) is 1. The van der Waals surface area contributed by atoms with Gasteiger partial charge in [-0.3, -0.25) is 4.79 Å². The Kier molecular flexibility index (Phi) is 5.14. The average Bonchev–Trinajstić information content (AvgIpc) is 2.50. The maximum absolute atomic E-state index is 11.7. The molecule has 2 rings (SSSR count). The first kappa shape index (κ1) is 15.6. The molecule has 0 aliphatic carbocycles. The highest BCUT2D eigenvalue weighted by Gasteiger charge is 2.04. The van der Waals surface area contributed by atoms with Crippen LogP contribution in [0.2, 0.25) is 0 Å². The number of hydrogen-bond donors (Lipinski definition) is 2. The second-order valence-electron chi connectivity index (χ2n) is 4.91. The van der Waals surface area contributed by atoms with Crippen LogP contribution in [0.4, 0.5) is 0 Å². The number of hydrogen-bond acceptors (Lipinski definition) is 4. The molecule has 0 spiro atoms. The molecule has 0 saturated carbocycles. The fourth-order valence-electron chi connectivity index (χ4n) is 1.81. The van der Waals surface area contributed by atoms with Gasteiger partial charge in [-0.25, -0.2) is 5.43 Å². The zero-order valence-electron chi connectivity index (χ0n) is 12.5. The smallest absolute Gasteiger partial charge is 0.277 e. The van der Waals surface area contributed by atoms with Gasteiger partial charge in [0.2, 0.25) is 0 Å². The summed E-state index contributed by atoms with van der Waals surface area (Å²) in [6.45, 7) is 3.76. The van der Waals surface area contributed by atoms with Crippen molar-refractivity contribution in [3.63, 3.8) is 0 Å². The minimum atomic E-state index is -0.368. The van der Waals surface area contributed by atoms with Gasteiger partial charge in [-0.1, -0.05) is 24.3 Å². The van der Waals surface area contributed by atoms with Gasteiger partial charge in [0.15, 0.2) is 6.61 Å². The van der Waals surface area contributed by atoms with Crippen molar-refractivity contribution < 1.29 is 14.6 Å². The van der Waals surface area contributed by atoms with E-state index < -0.39 is 0 Å². The number of carbonyl (C=O) groups excluding carboxylic acids is 1. The van der Waals surface area contributed by atoms with Crippen molar-refractivity contribution >= 4 is 12.1 Å². The predicted octanol–water partition coefficient (Wildman–Crippen LogP) is 2.54. The molecule has 114 valence electrons. The molecule has 0 atom stereocenters. The van der Waals surface area contributed by atoms with Gasteiger partial charge in [-0.2, -0.15) is 5.10 Å². The topological polar surface area (TPSA) is 70.9 Å². The Balaban J connectivity index is 1.86. The summed E-state index contributed by atoms with van der Waals surface area (Å²) >= 11 is 0. The Morgan fingerprint density at radius 1 is 1.27 bits per heavy atom. The number of nitrogens with zero attached hydrogens (tertiary/aromatic N) is 1. The maximum Gasteiger partial charge on any atom is 0.277 e. The molecule has 0 unspecified atom stereocenters. The van der Waals surface area contributed by atoms with E-state index >= 15 is 0 Å². The van der Waals surface area contributed by atoms with E-state index in [0.29, 0.717) is 11.3 Å². The molecule has 2 aromatic carbocycles. The van der Waals surface area contributed by atoms with Crippen molar-refractivity contribution in [3.8, 4) is 11.5 Å². The molecular formula is C17H18N2O3. The quantitative estimate of drug-likeness (QED) is 0.658. The summed E-state index contributed by atoms with van der Waals surface area (Å²) < 4.78 is 5.47. The van der Waals surface area contributed by atoms with Crippen molar-refractivity contribution in [3.05, 3.63) is 59.2 Å². The molecule has 0 aliphatic heterocycles. The van der Waals surface area contributed by atoms with Gasteiger partial charge in [0.25, 0.3) is 5.91 Å². The molecular weight excluding hydrogens is 280 g/mol. The summed E-state index contributed by atoms with van der Waals surface area (Å²) in [5.41, 5.74) is 4.92. The van der Waals surface area contributed by atoms with Crippen LogP contribution in [0.5, 0.6) is 11.5 Å². The van der Waals surface area contributed by atoms with Crippen molar-refractivity contribution in [2.75, 3.05) is 6.61 Å². The Morgan fingerprint density at radius 3 is 2.82 bits per heavy atom. The summed E-state index contributed by atoms with van der Waals surface area (Å²) in [4.78, 5) is 11.7. The van der Waals surface area contributed by atoms with E-state index in [1.807, 2.05) is 32.0 Å². The van der Waals surface area contributed by atoms with Crippen molar-refractivity contribution in [1.82, 2.24) is 5.43 Å². The first-order valence-corrected chi connectivity index (χ1v) is 6.86. The molecule has 0 aliphatic rings. The Labute approximate surface area is 129 Å². The maximum atomic E-state index is 11.7. The number of benzene rings is 2. The minimum absolute atomic E-state index is 0.104. The van der Waals surface area contributed by atoms with Crippen LogP contribution in [0.25, 0.3) is 0 Å². The number of phenols is 1. The average molecular weight is 298 g/mol. The molecule has 0 radical (unpaired) electrons. The van der Waals surface area contributed by atoms with Crippen LogP contribution in [-0.4, -0.2) is 23.8 Å². The molecule has 0 bridgehead atoms. The van der Waals surface area contributed by atoms with E-state index in [1.165, 1.54) is 6.21 Å². The van der Waals surface area contributed by atoms with E-state index in [0.717, 1.165) is 11.1 Å². The molecule has 22 heavy (non-hydrogen) atoms. The van der Waals surface area contributed by atoms with E-state index in [4.69, 9.17) is 4.74 Å². The molecule has 0 heterocycles. The highest BCUT2D eigenvalue weighted by atomic mass is 16.5. The van der Waals surface area contributed by atoms with E-state index in [9.17, 15) is 9.90 Å². The SMILES string of the molecule is Cc1ccc(C)c(OCC(=O)NN=Cc2ccccc2O)c1. The normalized spacial score (nSPS) is 10.6. The Hall–Kier alpha value is -2.82. The Morgan fingerprint density at radius 2 is 2.05 bits per heavy atom. The lowest BCUT2D eigenvalue weighted by molar-refractivity contribution is -0.123. The highest BCUT2D eigenvalue weighted by Crippen LogP contribution is 2.18. The molecule has 2 N–H and O–H groups in total. The summed E-state index contributed by atoms with van der Waals surface area (Å²) in [6.07, 6.45) is 1.38. The molecule has 5 heteroatoms. The molecule has 0 aromatic heterocycles. The zero-order valence-corrected chi connectivity index (χ0v) is 12.5. The van der Waals surface area contributed by atoms with Gasteiger partial charge in [0.1, 0.15) is 11.5 Å². The van der Waals surface area contributed by atoms with E-state index in [-0.39, 0.29) is 18.3 Å². The number of carbonyl (C=O) groups is 1. The number of aromatic hydroxyl groups is 1. The number of amides is 1. The van der Waals surface area contributed by atoms with Crippen LogP contribution < -0.4 is 10.2 Å². The number of ether oxygens (including phenoxy) is 1. The predicted molar refractivity (Wildman–Crippen MR) is 85.3 cm³/mol. The van der Waals surface area contributed by atoms with Gasteiger partial charge in [-0.05, 0) is 43.2 Å². The number of aryl methyl sites for hydroxylation is 2. The number of rotatable bonds is 5. The van der Waals surface area contributed by atoms with Crippen LogP contribution in [0.1, 0.15) is 16.7 Å². The summed E-state index contributed by atoms with van der Waals surface area (Å²) in [5, 5.41) is 13.3. The number of hydrazone groups is 1. The van der Waals surface area contributed by atoms with Gasteiger partial charge < -0.3 is 9.84 Å². The van der Waals surface area contributed by atoms with Gasteiger partial charge in [0.05, 0.1) is 6.21 Å². The summed E-state index contributed by atoms with van der Waals surface area (Å²) in [5.74, 6) is 0.416. The monoisotopic (exact) mass is 298 g/mol. The lowest BCUT2D eigenvalue weighted by atomic mass is 10.1. The standard InChI is InChI=1S/C17H18N2O3/c1-12-7-8-13(2)16(9-12)22-11-17(21)19-18-10-14-5-3-4-6-15(14)20/h3-10,20H,11H2,1-2H3,(H,19,21). The van der Waals surface area contributed by atoms with E-state index in [2.05, 4.69) is 10.5 Å². The van der Waals surface area contributed by atoms with Gasteiger partial charge in [0, 0.05) is 5.56 Å². The third-order valence-electron chi connectivity index (χ3n) is 3.03. The lowest BCUT2D eigenvalue weighted by Gasteiger charge is -2.08. The third kappa shape index (κ3) is 4.34. The molecule has 1 amide bonds. The Bertz CT molecular complexity index is 696. The molecule has 5 nitrogen and oxygen atoms in total. The van der Waals surface area contributed by atoms with Crippen LogP contribution in [0.15, 0.2) is 47.6 Å². The minimum Gasteiger partial charge on any atom is -0.507 e. The number of phenolic OH excluding ortho intramolecular Hbond substituents is 1. The second kappa shape index (κ2) is 7.26. The first-order valence-electron chi connectivity index (χ1n) is 6.86. The number of para-hydroxylation sites is 1. The highest BCUT2D eigenvalue weighted by molar-refractivity contribution is 5.85.